The summed E-state index contributed by atoms with van der Waals surface area (Å²) in [6.07, 6.45) is 1.03. The molecule has 0 aromatic carbocycles. The molecular formula is C13H22N2O2S. The molecular weight excluding hydrogens is 248 g/mol. The first-order chi connectivity index (χ1) is 8.49. The van der Waals surface area contributed by atoms with Crippen molar-refractivity contribution in [2.24, 2.45) is 5.92 Å². The van der Waals surface area contributed by atoms with Crippen molar-refractivity contribution in [3.8, 4) is 0 Å². The van der Waals surface area contributed by atoms with E-state index in [1.54, 1.807) is 6.92 Å². The third-order valence-electron chi connectivity index (χ3n) is 2.82. The van der Waals surface area contributed by atoms with Gasteiger partial charge in [-0.1, -0.05) is 20.8 Å². The third-order valence-corrected chi connectivity index (χ3v) is 3.72. The summed E-state index contributed by atoms with van der Waals surface area (Å²) < 4.78 is 4.98. The number of thiazole rings is 1. The average Bonchev–Trinajstić information content (AvgIpc) is 2.67. The van der Waals surface area contributed by atoms with Crippen LogP contribution in [0.25, 0.3) is 0 Å². The van der Waals surface area contributed by atoms with Crippen LogP contribution in [0.15, 0.2) is 0 Å². The standard InChI is InChI=1S/C13H22N2O2S/c1-6-10(8(3)4)14-13-15-11(9(5)18-13)12(16)17-7-2/h8,10H,6-7H2,1-5H3,(H,14,15). The largest absolute Gasteiger partial charge is 0.461 e. The summed E-state index contributed by atoms with van der Waals surface area (Å²) in [7, 11) is 0. The van der Waals surface area contributed by atoms with Gasteiger partial charge in [-0.25, -0.2) is 9.78 Å². The van der Waals surface area contributed by atoms with E-state index >= 15 is 0 Å². The molecule has 1 rings (SSSR count). The molecule has 18 heavy (non-hydrogen) atoms. The molecule has 0 aliphatic carbocycles. The number of ether oxygens (including phenoxy) is 1. The van der Waals surface area contributed by atoms with Crippen LogP contribution in [0.2, 0.25) is 0 Å². The average molecular weight is 270 g/mol. The maximum Gasteiger partial charge on any atom is 0.358 e. The van der Waals surface area contributed by atoms with Gasteiger partial charge in [0, 0.05) is 10.9 Å². The normalized spacial score (nSPS) is 12.6. The zero-order valence-electron chi connectivity index (χ0n) is 11.7. The van der Waals surface area contributed by atoms with Gasteiger partial charge in [-0.3, -0.25) is 0 Å². The molecule has 1 aromatic rings. The van der Waals surface area contributed by atoms with Crippen molar-refractivity contribution in [2.75, 3.05) is 11.9 Å². The molecule has 1 atom stereocenters. The van der Waals surface area contributed by atoms with E-state index in [0.717, 1.165) is 16.4 Å². The first-order valence-corrected chi connectivity index (χ1v) is 7.22. The summed E-state index contributed by atoms with van der Waals surface area (Å²) in [5.74, 6) is 0.196. The number of nitrogens with one attached hydrogen (secondary N) is 1. The molecule has 0 aliphatic rings. The number of carbonyl (C=O) groups excluding carboxylic acids is 1. The SMILES string of the molecule is CCOC(=O)c1nc(NC(CC)C(C)C)sc1C. The van der Waals surface area contributed by atoms with Crippen LogP contribution < -0.4 is 5.32 Å². The zero-order valence-corrected chi connectivity index (χ0v) is 12.6. The number of hydrogen-bond acceptors (Lipinski definition) is 5. The Labute approximate surface area is 113 Å². The fraction of sp³-hybridized carbons (Fsp3) is 0.692. The Morgan fingerprint density at radius 2 is 2.11 bits per heavy atom. The molecule has 1 unspecified atom stereocenters. The molecule has 0 bridgehead atoms. The minimum atomic E-state index is -0.336. The lowest BCUT2D eigenvalue weighted by Crippen LogP contribution is -2.24. The van der Waals surface area contributed by atoms with E-state index in [0.29, 0.717) is 24.3 Å². The Morgan fingerprint density at radius 3 is 2.61 bits per heavy atom. The van der Waals surface area contributed by atoms with E-state index < -0.39 is 0 Å². The van der Waals surface area contributed by atoms with Gasteiger partial charge in [0.15, 0.2) is 10.8 Å². The van der Waals surface area contributed by atoms with Gasteiger partial charge in [0.05, 0.1) is 6.61 Å². The molecule has 0 aliphatic heterocycles. The number of aromatic nitrogens is 1. The molecule has 1 N–H and O–H groups in total. The second-order valence-corrected chi connectivity index (χ2v) is 5.75. The minimum absolute atomic E-state index is 0.336. The molecule has 102 valence electrons. The molecule has 1 heterocycles. The van der Waals surface area contributed by atoms with Crippen LogP contribution in [0.5, 0.6) is 0 Å². The second kappa shape index (κ2) is 6.73. The number of nitrogens with zero attached hydrogens (tertiary/aromatic N) is 1. The molecule has 0 fully saturated rings. The molecule has 4 nitrogen and oxygen atoms in total. The smallest absolute Gasteiger partial charge is 0.358 e. The summed E-state index contributed by atoms with van der Waals surface area (Å²) in [5.41, 5.74) is 0.433. The summed E-state index contributed by atoms with van der Waals surface area (Å²) >= 11 is 1.51. The number of hydrogen-bond donors (Lipinski definition) is 1. The van der Waals surface area contributed by atoms with E-state index in [-0.39, 0.29) is 5.97 Å². The summed E-state index contributed by atoms with van der Waals surface area (Å²) in [5, 5.41) is 4.19. The van der Waals surface area contributed by atoms with Crippen LogP contribution in [0.3, 0.4) is 0 Å². The highest BCUT2D eigenvalue weighted by Crippen LogP contribution is 2.25. The number of anilines is 1. The van der Waals surface area contributed by atoms with Crippen LogP contribution in [-0.2, 0) is 4.74 Å². The van der Waals surface area contributed by atoms with Gasteiger partial charge in [0.1, 0.15) is 0 Å². The van der Waals surface area contributed by atoms with Crippen LogP contribution in [0, 0.1) is 12.8 Å². The van der Waals surface area contributed by atoms with E-state index in [9.17, 15) is 4.79 Å². The number of carbonyl (C=O) groups is 1. The maximum absolute atomic E-state index is 11.7. The van der Waals surface area contributed by atoms with Gasteiger partial charge in [-0.15, -0.1) is 11.3 Å². The molecule has 0 spiro atoms. The Balaban J connectivity index is 2.80. The van der Waals surface area contributed by atoms with Gasteiger partial charge >= 0.3 is 5.97 Å². The Kier molecular flexibility index (Phi) is 5.59. The quantitative estimate of drug-likeness (QED) is 0.804. The van der Waals surface area contributed by atoms with Gasteiger partial charge in [0.2, 0.25) is 0 Å². The van der Waals surface area contributed by atoms with E-state index in [2.05, 4.69) is 31.1 Å². The Morgan fingerprint density at radius 1 is 1.44 bits per heavy atom. The highest BCUT2D eigenvalue weighted by molar-refractivity contribution is 7.15. The summed E-state index contributed by atoms with van der Waals surface area (Å²) in [6, 6.07) is 0.380. The van der Waals surface area contributed by atoms with Crippen LogP contribution in [-0.4, -0.2) is 23.6 Å². The van der Waals surface area contributed by atoms with Gasteiger partial charge in [-0.05, 0) is 26.2 Å². The predicted octanol–water partition coefficient (Wildman–Crippen LogP) is 3.47. The molecule has 5 heteroatoms. The van der Waals surface area contributed by atoms with Gasteiger partial charge < -0.3 is 10.1 Å². The first kappa shape index (κ1) is 15.0. The lowest BCUT2D eigenvalue weighted by molar-refractivity contribution is 0.0519. The van der Waals surface area contributed by atoms with Crippen molar-refractivity contribution in [3.63, 3.8) is 0 Å². The van der Waals surface area contributed by atoms with Crippen molar-refractivity contribution in [1.29, 1.82) is 0 Å². The summed E-state index contributed by atoms with van der Waals surface area (Å²) in [6.45, 7) is 10.6. The third kappa shape index (κ3) is 3.70. The Hall–Kier alpha value is -1.10. The zero-order chi connectivity index (χ0) is 13.7. The van der Waals surface area contributed by atoms with Crippen molar-refractivity contribution < 1.29 is 9.53 Å². The second-order valence-electron chi connectivity index (χ2n) is 4.55. The van der Waals surface area contributed by atoms with Crippen molar-refractivity contribution in [3.05, 3.63) is 10.6 Å². The molecule has 0 radical (unpaired) electrons. The highest BCUT2D eigenvalue weighted by Gasteiger charge is 2.18. The van der Waals surface area contributed by atoms with Crippen LogP contribution >= 0.6 is 11.3 Å². The van der Waals surface area contributed by atoms with Crippen molar-refractivity contribution in [1.82, 2.24) is 4.98 Å². The van der Waals surface area contributed by atoms with Gasteiger partial charge in [0.25, 0.3) is 0 Å². The van der Waals surface area contributed by atoms with E-state index in [4.69, 9.17) is 4.74 Å². The topological polar surface area (TPSA) is 51.2 Å². The fourth-order valence-electron chi connectivity index (χ4n) is 1.75. The fourth-order valence-corrected chi connectivity index (χ4v) is 2.61. The van der Waals surface area contributed by atoms with Crippen LogP contribution in [0.1, 0.15) is 49.5 Å². The molecule has 0 saturated carbocycles. The maximum atomic E-state index is 11.7. The Bertz CT molecular complexity index is 402. The molecule has 0 amide bonds. The lowest BCUT2D eigenvalue weighted by atomic mass is 10.0. The van der Waals surface area contributed by atoms with Crippen LogP contribution in [0.4, 0.5) is 5.13 Å². The predicted molar refractivity (Wildman–Crippen MR) is 75.3 cm³/mol. The molecule has 0 saturated heterocycles. The van der Waals surface area contributed by atoms with E-state index in [1.807, 2.05) is 6.92 Å². The number of aryl methyl sites for hydroxylation is 1. The van der Waals surface area contributed by atoms with Gasteiger partial charge in [-0.2, -0.15) is 0 Å². The monoisotopic (exact) mass is 270 g/mol. The highest BCUT2D eigenvalue weighted by atomic mass is 32.1. The van der Waals surface area contributed by atoms with Crippen molar-refractivity contribution >= 4 is 22.4 Å². The number of rotatable bonds is 6. The first-order valence-electron chi connectivity index (χ1n) is 6.40. The number of esters is 1. The summed E-state index contributed by atoms with van der Waals surface area (Å²) in [4.78, 5) is 16.9. The minimum Gasteiger partial charge on any atom is -0.461 e. The molecule has 1 aromatic heterocycles. The van der Waals surface area contributed by atoms with E-state index in [1.165, 1.54) is 11.3 Å². The van der Waals surface area contributed by atoms with Crippen molar-refractivity contribution in [2.45, 2.75) is 47.1 Å². The lowest BCUT2D eigenvalue weighted by Gasteiger charge is -2.19.